The van der Waals surface area contributed by atoms with Crippen LogP contribution in [-0.4, -0.2) is 64.1 Å². The highest BCUT2D eigenvalue weighted by atomic mass is 16.4. The van der Waals surface area contributed by atoms with Crippen LogP contribution in [0.3, 0.4) is 0 Å². The summed E-state index contributed by atoms with van der Waals surface area (Å²) in [5.74, 6) is -4.33. The van der Waals surface area contributed by atoms with Crippen molar-refractivity contribution in [3.05, 3.63) is 29.3 Å². The van der Waals surface area contributed by atoms with Gasteiger partial charge in [-0.05, 0) is 24.0 Å². The summed E-state index contributed by atoms with van der Waals surface area (Å²) in [5.41, 5.74) is -0.433. The van der Waals surface area contributed by atoms with E-state index in [1.165, 1.54) is 18.2 Å². The SMILES string of the molecule is CC(C)(C)[C@@H](NC(=O)CNc1cccc2c1C(=O)N(C1CCC(=O)NC1=O)C2=O)C(=O)O. The second-order valence-electron chi connectivity index (χ2n) is 8.73. The molecule has 32 heavy (non-hydrogen) atoms. The van der Waals surface area contributed by atoms with Gasteiger partial charge >= 0.3 is 5.97 Å². The Labute approximate surface area is 183 Å². The molecule has 1 aromatic carbocycles. The first-order chi connectivity index (χ1) is 14.9. The van der Waals surface area contributed by atoms with Crippen LogP contribution in [0.25, 0.3) is 0 Å². The average Bonchev–Trinajstić information content (AvgIpc) is 2.95. The summed E-state index contributed by atoms with van der Waals surface area (Å²) in [6, 6.07) is 2.24. The third-order valence-corrected chi connectivity index (χ3v) is 5.33. The maximum atomic E-state index is 13.0. The summed E-state index contributed by atoms with van der Waals surface area (Å²) in [7, 11) is 0. The van der Waals surface area contributed by atoms with Crippen molar-refractivity contribution in [1.29, 1.82) is 0 Å². The largest absolute Gasteiger partial charge is 0.480 e. The lowest BCUT2D eigenvalue weighted by Crippen LogP contribution is -2.54. The van der Waals surface area contributed by atoms with Crippen LogP contribution in [0.15, 0.2) is 18.2 Å². The molecule has 5 amide bonds. The predicted molar refractivity (Wildman–Crippen MR) is 111 cm³/mol. The van der Waals surface area contributed by atoms with Crippen molar-refractivity contribution in [2.24, 2.45) is 5.41 Å². The van der Waals surface area contributed by atoms with Gasteiger partial charge in [-0.3, -0.25) is 34.2 Å². The van der Waals surface area contributed by atoms with Gasteiger partial charge in [-0.15, -0.1) is 0 Å². The van der Waals surface area contributed by atoms with E-state index in [2.05, 4.69) is 16.0 Å². The lowest BCUT2D eigenvalue weighted by molar-refractivity contribution is -0.144. The molecule has 1 saturated heterocycles. The quantitative estimate of drug-likeness (QED) is 0.450. The van der Waals surface area contributed by atoms with Crippen molar-refractivity contribution in [3.8, 4) is 0 Å². The monoisotopic (exact) mass is 444 g/mol. The molecule has 2 heterocycles. The summed E-state index contributed by atoms with van der Waals surface area (Å²) in [6.45, 7) is 4.70. The van der Waals surface area contributed by atoms with Gasteiger partial charge in [-0.25, -0.2) is 4.79 Å². The average molecular weight is 444 g/mol. The molecule has 1 fully saturated rings. The van der Waals surface area contributed by atoms with Crippen LogP contribution in [0.2, 0.25) is 0 Å². The second-order valence-corrected chi connectivity index (χ2v) is 8.73. The number of amides is 5. The van der Waals surface area contributed by atoms with Crippen LogP contribution in [0.1, 0.15) is 54.3 Å². The summed E-state index contributed by atoms with van der Waals surface area (Å²) < 4.78 is 0. The van der Waals surface area contributed by atoms with Gasteiger partial charge in [0, 0.05) is 12.1 Å². The molecule has 170 valence electrons. The van der Waals surface area contributed by atoms with Crippen molar-refractivity contribution in [1.82, 2.24) is 15.5 Å². The predicted octanol–water partition coefficient (Wildman–Crippen LogP) is 0.115. The normalized spacial score (nSPS) is 19.3. The minimum absolute atomic E-state index is 0.00755. The number of carboxylic acids is 1. The number of nitrogens with zero attached hydrogens (tertiary/aromatic N) is 1. The van der Waals surface area contributed by atoms with Crippen LogP contribution < -0.4 is 16.0 Å². The van der Waals surface area contributed by atoms with Gasteiger partial charge < -0.3 is 15.7 Å². The van der Waals surface area contributed by atoms with Crippen molar-refractivity contribution in [2.75, 3.05) is 11.9 Å². The lowest BCUT2D eigenvalue weighted by atomic mass is 9.87. The fourth-order valence-electron chi connectivity index (χ4n) is 3.70. The molecular weight excluding hydrogens is 420 g/mol. The van der Waals surface area contributed by atoms with Crippen molar-refractivity contribution in [3.63, 3.8) is 0 Å². The van der Waals surface area contributed by atoms with Gasteiger partial charge in [0.15, 0.2) is 0 Å². The van der Waals surface area contributed by atoms with Gasteiger partial charge in [-0.1, -0.05) is 26.8 Å². The highest BCUT2D eigenvalue weighted by Crippen LogP contribution is 2.32. The first-order valence-corrected chi connectivity index (χ1v) is 10.0. The van der Waals surface area contributed by atoms with Crippen LogP contribution in [0, 0.1) is 5.41 Å². The topological polar surface area (TPSA) is 162 Å². The maximum Gasteiger partial charge on any atom is 0.326 e. The Kier molecular flexibility index (Phi) is 6.02. The number of hydrogen-bond acceptors (Lipinski definition) is 7. The molecule has 4 N–H and O–H groups in total. The molecule has 0 saturated carbocycles. The van der Waals surface area contributed by atoms with E-state index in [1.807, 2.05) is 0 Å². The number of carbonyl (C=O) groups excluding carboxylic acids is 5. The van der Waals surface area contributed by atoms with Crippen molar-refractivity contribution >= 4 is 41.2 Å². The van der Waals surface area contributed by atoms with E-state index in [-0.39, 0.29) is 36.2 Å². The van der Waals surface area contributed by atoms with E-state index in [4.69, 9.17) is 0 Å². The van der Waals surface area contributed by atoms with E-state index in [1.54, 1.807) is 20.8 Å². The van der Waals surface area contributed by atoms with Gasteiger partial charge in [0.05, 0.1) is 17.7 Å². The molecule has 0 aromatic heterocycles. The van der Waals surface area contributed by atoms with Crippen LogP contribution >= 0.6 is 0 Å². The molecular formula is C21H24N4O7. The first-order valence-electron chi connectivity index (χ1n) is 10.0. The Balaban J connectivity index is 1.76. The number of rotatable bonds is 6. The molecule has 2 aliphatic heterocycles. The minimum Gasteiger partial charge on any atom is -0.480 e. The van der Waals surface area contributed by atoms with Crippen molar-refractivity contribution < 1.29 is 33.9 Å². The number of hydrogen-bond donors (Lipinski definition) is 4. The van der Waals surface area contributed by atoms with Gasteiger partial charge in [0.25, 0.3) is 11.8 Å². The Morgan fingerprint density at radius 3 is 2.47 bits per heavy atom. The molecule has 3 rings (SSSR count). The van der Waals surface area contributed by atoms with Crippen LogP contribution in [-0.2, 0) is 19.2 Å². The third kappa shape index (κ3) is 4.32. The fourth-order valence-corrected chi connectivity index (χ4v) is 3.70. The summed E-state index contributed by atoms with van der Waals surface area (Å²) in [4.78, 5) is 74.0. The standard InChI is InChI=1S/C21H24N4O7/c1-21(2,3)16(20(31)32)23-14(27)9-22-11-6-4-5-10-15(11)19(30)25(18(10)29)12-7-8-13(26)24-17(12)28/h4-6,12,16,22H,7-9H2,1-3H3,(H,23,27)(H,31,32)(H,24,26,28)/t12?,16-/m0/s1. The molecule has 2 atom stereocenters. The number of fused-ring (bicyclic) bond motifs is 1. The zero-order valence-electron chi connectivity index (χ0n) is 17.9. The molecule has 2 aliphatic rings. The van der Waals surface area contributed by atoms with Crippen LogP contribution in [0.5, 0.6) is 0 Å². The Morgan fingerprint density at radius 2 is 1.88 bits per heavy atom. The summed E-state index contributed by atoms with van der Waals surface area (Å²) >= 11 is 0. The molecule has 0 radical (unpaired) electrons. The number of carboxylic acid groups (broad SMARTS) is 1. The van der Waals surface area contributed by atoms with E-state index >= 15 is 0 Å². The molecule has 1 unspecified atom stereocenters. The number of benzene rings is 1. The summed E-state index contributed by atoms with van der Waals surface area (Å²) in [5, 5.41) is 16.7. The highest BCUT2D eigenvalue weighted by molar-refractivity contribution is 6.25. The van der Waals surface area contributed by atoms with Crippen LogP contribution in [0.4, 0.5) is 5.69 Å². The van der Waals surface area contributed by atoms with Gasteiger partial charge in [0.2, 0.25) is 17.7 Å². The second kappa shape index (κ2) is 8.40. The highest BCUT2D eigenvalue weighted by Gasteiger charge is 2.45. The van der Waals surface area contributed by atoms with Crippen molar-refractivity contribution in [2.45, 2.75) is 45.7 Å². The molecule has 11 heteroatoms. The number of piperidine rings is 1. The zero-order valence-corrected chi connectivity index (χ0v) is 17.9. The molecule has 0 aliphatic carbocycles. The van der Waals surface area contributed by atoms with E-state index in [0.29, 0.717) is 0 Å². The molecule has 0 spiro atoms. The van der Waals surface area contributed by atoms with Gasteiger partial charge in [0.1, 0.15) is 12.1 Å². The number of aliphatic carboxylic acids is 1. The number of carbonyl (C=O) groups is 6. The number of imide groups is 2. The third-order valence-electron chi connectivity index (χ3n) is 5.33. The Morgan fingerprint density at radius 1 is 1.19 bits per heavy atom. The van der Waals surface area contributed by atoms with E-state index in [9.17, 15) is 33.9 Å². The van der Waals surface area contributed by atoms with E-state index in [0.717, 1.165) is 4.90 Å². The lowest BCUT2D eigenvalue weighted by Gasteiger charge is -2.28. The Bertz CT molecular complexity index is 1030. The van der Waals surface area contributed by atoms with Gasteiger partial charge in [-0.2, -0.15) is 0 Å². The Hall–Kier alpha value is -3.76. The summed E-state index contributed by atoms with van der Waals surface area (Å²) in [6.07, 6.45) is 0.0400. The smallest absolute Gasteiger partial charge is 0.326 e. The number of anilines is 1. The maximum absolute atomic E-state index is 13.0. The number of nitrogens with one attached hydrogen (secondary N) is 3. The first kappa shape index (κ1) is 22.9. The zero-order chi connectivity index (χ0) is 23.8. The molecule has 11 nitrogen and oxygen atoms in total. The molecule has 0 bridgehead atoms. The van der Waals surface area contributed by atoms with E-state index < -0.39 is 53.0 Å². The fraction of sp³-hybridized carbons (Fsp3) is 0.429. The minimum atomic E-state index is -1.17. The molecule has 1 aromatic rings.